The molecule has 1 aliphatic carbocycles. The summed E-state index contributed by atoms with van der Waals surface area (Å²) in [7, 11) is -4.18. The van der Waals surface area contributed by atoms with Crippen LogP contribution in [0.2, 0.25) is 5.02 Å². The topological polar surface area (TPSA) is 96.0 Å². The van der Waals surface area contributed by atoms with Crippen LogP contribution in [0, 0.1) is 6.92 Å². The van der Waals surface area contributed by atoms with Crippen LogP contribution in [0.1, 0.15) is 57.1 Å². The van der Waals surface area contributed by atoms with E-state index in [1.807, 2.05) is 26.8 Å². The Hall–Kier alpha value is -3.56. The van der Waals surface area contributed by atoms with Gasteiger partial charge in [-0.1, -0.05) is 67.3 Å². The van der Waals surface area contributed by atoms with Gasteiger partial charge in [0, 0.05) is 17.6 Å². The molecule has 2 amide bonds. The molecule has 4 rings (SSSR count). The van der Waals surface area contributed by atoms with Gasteiger partial charge in [-0.15, -0.1) is 0 Å². The minimum atomic E-state index is -4.18. The van der Waals surface area contributed by atoms with E-state index < -0.39 is 28.5 Å². The van der Waals surface area contributed by atoms with Gasteiger partial charge in [0.15, 0.2) is 0 Å². The highest BCUT2D eigenvalue weighted by atomic mass is 35.5. The first-order valence-electron chi connectivity index (χ1n) is 14.8. The van der Waals surface area contributed by atoms with Crippen LogP contribution in [0.25, 0.3) is 0 Å². The summed E-state index contributed by atoms with van der Waals surface area (Å²) in [5.41, 5.74) is 1.96. The second kappa shape index (κ2) is 14.8. The minimum Gasteiger partial charge on any atom is -0.494 e. The molecule has 1 N–H and O–H groups in total. The van der Waals surface area contributed by atoms with E-state index in [9.17, 15) is 18.0 Å². The van der Waals surface area contributed by atoms with Gasteiger partial charge in [-0.05, 0) is 81.1 Å². The van der Waals surface area contributed by atoms with Crippen molar-refractivity contribution in [2.24, 2.45) is 0 Å². The van der Waals surface area contributed by atoms with Crippen molar-refractivity contribution in [1.82, 2.24) is 10.2 Å². The number of ether oxygens (including phenoxy) is 1. The molecule has 0 radical (unpaired) electrons. The molecule has 0 saturated heterocycles. The Balaban J connectivity index is 1.71. The van der Waals surface area contributed by atoms with Crippen LogP contribution in [0.3, 0.4) is 0 Å². The fraction of sp³-hybridized carbons (Fsp3) is 0.394. The lowest BCUT2D eigenvalue weighted by Crippen LogP contribution is -2.53. The highest BCUT2D eigenvalue weighted by Gasteiger charge is 2.34. The van der Waals surface area contributed by atoms with E-state index in [4.69, 9.17) is 16.3 Å². The Bertz CT molecular complexity index is 1490. The summed E-state index contributed by atoms with van der Waals surface area (Å²) in [5, 5.41) is 3.58. The first-order valence-corrected chi connectivity index (χ1v) is 16.6. The molecule has 0 aromatic heterocycles. The van der Waals surface area contributed by atoms with E-state index >= 15 is 0 Å². The molecule has 3 aromatic rings. The van der Waals surface area contributed by atoms with E-state index in [-0.39, 0.29) is 23.4 Å². The van der Waals surface area contributed by atoms with Gasteiger partial charge in [-0.25, -0.2) is 8.42 Å². The molecular weight excluding hydrogens is 586 g/mol. The van der Waals surface area contributed by atoms with Crippen molar-refractivity contribution in [2.45, 2.75) is 76.4 Å². The highest BCUT2D eigenvalue weighted by molar-refractivity contribution is 7.92. The van der Waals surface area contributed by atoms with Crippen LogP contribution in [0.15, 0.2) is 77.7 Å². The molecule has 10 heteroatoms. The zero-order valence-electron chi connectivity index (χ0n) is 25.0. The lowest BCUT2D eigenvalue weighted by atomic mass is 10.1. The van der Waals surface area contributed by atoms with Gasteiger partial charge in [-0.2, -0.15) is 0 Å². The number of benzene rings is 3. The quantitative estimate of drug-likeness (QED) is 0.247. The molecule has 0 bridgehead atoms. The number of hydrogen-bond acceptors (Lipinski definition) is 5. The monoisotopic (exact) mass is 625 g/mol. The van der Waals surface area contributed by atoms with Gasteiger partial charge in [0.1, 0.15) is 18.3 Å². The summed E-state index contributed by atoms with van der Waals surface area (Å²) < 4.78 is 34.7. The van der Waals surface area contributed by atoms with Gasteiger partial charge >= 0.3 is 0 Å². The number of anilines is 1. The fourth-order valence-corrected chi connectivity index (χ4v) is 6.95. The predicted molar refractivity (Wildman–Crippen MR) is 170 cm³/mol. The molecule has 0 heterocycles. The van der Waals surface area contributed by atoms with Crippen molar-refractivity contribution in [3.63, 3.8) is 0 Å². The van der Waals surface area contributed by atoms with Gasteiger partial charge in [0.05, 0.1) is 17.2 Å². The van der Waals surface area contributed by atoms with Gasteiger partial charge in [-0.3, -0.25) is 13.9 Å². The summed E-state index contributed by atoms with van der Waals surface area (Å²) in [6, 6.07) is 19.5. The van der Waals surface area contributed by atoms with Crippen molar-refractivity contribution in [3.8, 4) is 5.75 Å². The van der Waals surface area contributed by atoms with Gasteiger partial charge in [0.2, 0.25) is 11.8 Å². The molecule has 0 unspecified atom stereocenters. The number of nitrogens with one attached hydrogen (secondary N) is 1. The standard InChI is InChI=1S/C33H40ClN3O5S/c1-4-31(33(39)35-26-11-7-8-12-26)36(22-25-10-6-9-13-30(25)34)32(38)23-37(27-16-14-24(3)15-17-27)43(40,41)29-20-18-28(19-21-29)42-5-2/h6,9-10,13-21,26,31H,4-5,7-8,11-12,22-23H2,1-3H3,(H,35,39)/t31-/m0/s1. The summed E-state index contributed by atoms with van der Waals surface area (Å²) in [5.74, 6) is -0.209. The summed E-state index contributed by atoms with van der Waals surface area (Å²) in [4.78, 5) is 29.3. The second-order valence-electron chi connectivity index (χ2n) is 10.8. The predicted octanol–water partition coefficient (Wildman–Crippen LogP) is 6.11. The Morgan fingerprint density at radius 2 is 1.63 bits per heavy atom. The molecule has 1 atom stereocenters. The summed E-state index contributed by atoms with van der Waals surface area (Å²) >= 11 is 6.49. The Morgan fingerprint density at radius 1 is 0.977 bits per heavy atom. The van der Waals surface area contributed by atoms with Crippen molar-refractivity contribution >= 4 is 39.1 Å². The Kier molecular flexibility index (Phi) is 11.1. The van der Waals surface area contributed by atoms with Crippen LogP contribution in [-0.2, 0) is 26.2 Å². The molecule has 3 aromatic carbocycles. The number of sulfonamides is 1. The van der Waals surface area contributed by atoms with Crippen LogP contribution < -0.4 is 14.4 Å². The van der Waals surface area contributed by atoms with Gasteiger partial charge < -0.3 is 15.0 Å². The molecule has 1 saturated carbocycles. The second-order valence-corrected chi connectivity index (χ2v) is 13.0. The third-order valence-corrected chi connectivity index (χ3v) is 9.87. The molecule has 230 valence electrons. The third kappa shape index (κ3) is 8.09. The van der Waals surface area contributed by atoms with E-state index in [1.165, 1.54) is 17.0 Å². The molecular formula is C33H40ClN3O5S. The molecule has 0 spiro atoms. The lowest BCUT2D eigenvalue weighted by Gasteiger charge is -2.34. The maximum Gasteiger partial charge on any atom is 0.264 e. The van der Waals surface area contributed by atoms with E-state index in [2.05, 4.69) is 5.32 Å². The Labute approximate surface area is 260 Å². The van der Waals surface area contributed by atoms with Crippen molar-refractivity contribution < 1.29 is 22.7 Å². The fourth-order valence-electron chi connectivity index (χ4n) is 5.34. The number of carbonyl (C=O) groups excluding carboxylic acids is 2. The van der Waals surface area contributed by atoms with Crippen molar-refractivity contribution in [3.05, 3.63) is 88.9 Å². The normalized spacial score (nSPS) is 14.2. The number of carbonyl (C=O) groups is 2. The first-order chi connectivity index (χ1) is 20.6. The maximum atomic E-state index is 14.2. The zero-order chi connectivity index (χ0) is 31.0. The molecule has 0 aliphatic heterocycles. The van der Waals surface area contributed by atoms with Gasteiger partial charge in [0.25, 0.3) is 10.0 Å². The van der Waals surface area contributed by atoms with Crippen LogP contribution in [0.5, 0.6) is 5.75 Å². The summed E-state index contributed by atoms with van der Waals surface area (Å²) in [6.45, 7) is 5.60. The van der Waals surface area contributed by atoms with Crippen LogP contribution in [-0.4, -0.2) is 50.4 Å². The SMILES string of the molecule is CCOc1ccc(S(=O)(=O)N(CC(=O)N(Cc2ccccc2Cl)[C@@H](CC)C(=O)NC2CCCC2)c2ccc(C)cc2)cc1. The number of hydrogen-bond donors (Lipinski definition) is 1. The number of rotatable bonds is 13. The Morgan fingerprint density at radius 3 is 2.23 bits per heavy atom. The lowest BCUT2D eigenvalue weighted by molar-refractivity contribution is -0.140. The number of aryl methyl sites for hydroxylation is 1. The zero-order valence-corrected chi connectivity index (χ0v) is 26.5. The first kappa shape index (κ1) is 32.4. The number of halogens is 1. The van der Waals surface area contributed by atoms with Crippen molar-refractivity contribution in [1.29, 1.82) is 0 Å². The smallest absolute Gasteiger partial charge is 0.264 e. The van der Waals surface area contributed by atoms with E-state index in [0.29, 0.717) is 35.1 Å². The van der Waals surface area contributed by atoms with Crippen LogP contribution >= 0.6 is 11.6 Å². The number of amides is 2. The maximum absolute atomic E-state index is 14.2. The molecule has 8 nitrogen and oxygen atoms in total. The average Bonchev–Trinajstić information content (AvgIpc) is 3.50. The summed E-state index contributed by atoms with van der Waals surface area (Å²) in [6.07, 6.45) is 4.27. The molecule has 43 heavy (non-hydrogen) atoms. The molecule has 1 fully saturated rings. The third-order valence-electron chi connectivity index (χ3n) is 7.71. The largest absolute Gasteiger partial charge is 0.494 e. The average molecular weight is 626 g/mol. The molecule has 1 aliphatic rings. The highest BCUT2D eigenvalue weighted by Crippen LogP contribution is 2.27. The number of nitrogens with zero attached hydrogens (tertiary/aromatic N) is 2. The van der Waals surface area contributed by atoms with E-state index in [0.717, 1.165) is 35.6 Å². The minimum absolute atomic E-state index is 0.0213. The van der Waals surface area contributed by atoms with E-state index in [1.54, 1.807) is 54.6 Å². The van der Waals surface area contributed by atoms with Crippen molar-refractivity contribution in [2.75, 3.05) is 17.5 Å². The van der Waals surface area contributed by atoms with Crippen LogP contribution in [0.4, 0.5) is 5.69 Å².